The number of amides is 2. The fourth-order valence-corrected chi connectivity index (χ4v) is 8.88. The Morgan fingerprint density at radius 1 is 0.937 bits per heavy atom. The number of allylic oxidation sites excluding steroid dienone is 2. The average molecular weight is 893 g/mol. The summed E-state index contributed by atoms with van der Waals surface area (Å²) in [5.74, 6) is -8.72. The van der Waals surface area contributed by atoms with E-state index in [0.29, 0.717) is 0 Å². The number of thioether (sulfide) groups is 1. The molecule has 2 amide bonds. The number of ether oxygens (including phenoxy) is 4. The number of phenolic OH excluding ortho intramolecular Hbond substituents is 3. The number of aromatic nitrogens is 1. The van der Waals surface area contributed by atoms with Gasteiger partial charge in [0.1, 0.15) is 29.0 Å². The summed E-state index contributed by atoms with van der Waals surface area (Å²) in [6.07, 6.45) is 6.91. The van der Waals surface area contributed by atoms with Crippen LogP contribution in [0.2, 0.25) is 0 Å². The van der Waals surface area contributed by atoms with Crippen molar-refractivity contribution in [2.75, 3.05) is 24.7 Å². The number of aliphatic hydroxyl groups excluding tert-OH is 2. The van der Waals surface area contributed by atoms with E-state index >= 15 is 0 Å². The van der Waals surface area contributed by atoms with E-state index in [1.54, 1.807) is 68.9 Å². The number of pyridine rings is 1. The van der Waals surface area contributed by atoms with Gasteiger partial charge < -0.3 is 55.1 Å². The first-order valence-electron chi connectivity index (χ1n) is 20.6. The highest BCUT2D eigenvalue weighted by Gasteiger charge is 2.50. The number of carbonyl (C=O) groups excluding carboxylic acids is 4. The molecule has 6 rings (SSSR count). The zero-order valence-corrected chi connectivity index (χ0v) is 37.7. The molecule has 3 aromatic rings. The van der Waals surface area contributed by atoms with E-state index in [4.69, 9.17) is 18.9 Å². The van der Waals surface area contributed by atoms with Gasteiger partial charge in [-0.3, -0.25) is 19.2 Å². The quantitative estimate of drug-likeness (QED) is 0.0396. The lowest BCUT2D eigenvalue weighted by atomic mass is 9.78. The highest BCUT2D eigenvalue weighted by Crippen LogP contribution is 2.57. The molecular formula is C46H58N3O13S+. The maximum absolute atomic E-state index is 14.5. The number of rotatable bonds is 8. The van der Waals surface area contributed by atoms with Crippen LogP contribution in [0.25, 0.3) is 10.8 Å². The van der Waals surface area contributed by atoms with Crippen molar-refractivity contribution in [2.24, 2.45) is 23.7 Å². The summed E-state index contributed by atoms with van der Waals surface area (Å²) in [6, 6.07) is 5.41. The molecule has 0 radical (unpaired) electrons. The topological polar surface area (TPSA) is 234 Å². The number of nitrogens with zero attached hydrogens (tertiary/aromatic N) is 1. The zero-order chi connectivity index (χ0) is 46.5. The lowest BCUT2D eigenvalue weighted by Crippen LogP contribution is -2.46. The maximum Gasteiger partial charge on any atom is 0.312 e. The molecular weight excluding hydrogens is 835 g/mol. The van der Waals surface area contributed by atoms with Crippen LogP contribution in [0.4, 0.5) is 5.69 Å². The predicted molar refractivity (Wildman–Crippen MR) is 234 cm³/mol. The molecule has 0 saturated heterocycles. The Balaban J connectivity index is 1.62. The molecule has 0 fully saturated rings. The number of methoxy groups -OCH3 is 1. The van der Waals surface area contributed by atoms with Gasteiger partial charge in [0.05, 0.1) is 40.4 Å². The lowest BCUT2D eigenvalue weighted by Gasteiger charge is -2.38. The van der Waals surface area contributed by atoms with Gasteiger partial charge in [0.25, 0.3) is 17.6 Å². The molecule has 340 valence electrons. The summed E-state index contributed by atoms with van der Waals surface area (Å²) in [7, 11) is 1.43. The second kappa shape index (κ2) is 20.3. The molecule has 63 heavy (non-hydrogen) atoms. The maximum atomic E-state index is 14.5. The van der Waals surface area contributed by atoms with E-state index in [-0.39, 0.29) is 68.6 Å². The second-order valence-corrected chi connectivity index (χ2v) is 17.4. The third-order valence-corrected chi connectivity index (χ3v) is 12.8. The minimum atomic E-state index is -2.07. The van der Waals surface area contributed by atoms with E-state index in [2.05, 4.69) is 10.6 Å². The Morgan fingerprint density at radius 3 is 2.27 bits per heavy atom. The van der Waals surface area contributed by atoms with Crippen molar-refractivity contribution in [1.82, 2.24) is 5.32 Å². The monoisotopic (exact) mass is 892 g/mol. The first kappa shape index (κ1) is 48.4. The SMILES string of the molecule is CO[C@H]1/C=C/O[C@@]2(C)Oc3c(C)c(O)c4c(O)c(c(SCCNC(=O)C[n+]5ccccc5)c(O)c4c3C2=O)NC(=O)/C(C)=C\C=C\[C@H](C)[C@H](O)[C@@H](C)[C@@H](O)[C@@H](C)[C@H](OC(C)=O)[C@@H]1C. The van der Waals surface area contributed by atoms with Crippen molar-refractivity contribution in [1.29, 1.82) is 0 Å². The Bertz CT molecular complexity index is 2320. The molecule has 4 heterocycles. The van der Waals surface area contributed by atoms with Crippen molar-refractivity contribution in [2.45, 2.75) is 97.0 Å². The van der Waals surface area contributed by atoms with Gasteiger partial charge >= 0.3 is 11.8 Å². The van der Waals surface area contributed by atoms with E-state index in [1.807, 2.05) is 6.07 Å². The molecule has 0 spiro atoms. The van der Waals surface area contributed by atoms with Gasteiger partial charge in [-0.25, -0.2) is 0 Å². The molecule has 17 heteroatoms. The number of esters is 1. The van der Waals surface area contributed by atoms with Gasteiger partial charge in [0.15, 0.2) is 18.1 Å². The molecule has 3 aliphatic rings. The van der Waals surface area contributed by atoms with E-state index in [1.165, 1.54) is 53.2 Å². The number of carbonyl (C=O) groups is 4. The minimum Gasteiger partial charge on any atom is -0.507 e. The van der Waals surface area contributed by atoms with E-state index in [0.717, 1.165) is 11.8 Å². The Labute approximate surface area is 370 Å². The van der Waals surface area contributed by atoms with Crippen LogP contribution < -0.4 is 19.9 Å². The van der Waals surface area contributed by atoms with Gasteiger partial charge in [-0.05, 0) is 19.9 Å². The standard InChI is InChI=1S/C46H57N3O13S/c1-23-14-13-15-24(2)45(58)48-35-39(55)33-32(40(56)43(35)63-21-17-47-31(51)22-49-18-11-10-12-19-49)34-42(28(6)38(33)54)62-46(8,44(34)57)60-20-16-30(59-9)25(3)41(61-29(7)50)27(5)37(53)26(4)36(23)52/h10-16,18-20,23,25-27,30,36-37,41,52-53H,17,21-22H2,1-9H3,(H4-,47,48,51,54,55,56,57,58)/p+1/b14-13+,20-16+,24-15-/t23-,25+,26+,27+,30-,36-,37+,41+,46-/m0/s1. The summed E-state index contributed by atoms with van der Waals surface area (Å²) >= 11 is 0.973. The third-order valence-electron chi connectivity index (χ3n) is 11.7. The van der Waals surface area contributed by atoms with Gasteiger partial charge in [0.2, 0.25) is 6.54 Å². The Hall–Kier alpha value is -5.62. The van der Waals surface area contributed by atoms with Crippen LogP contribution in [-0.2, 0) is 35.1 Å². The Kier molecular flexibility index (Phi) is 15.6. The van der Waals surface area contributed by atoms with E-state index < -0.39 is 88.8 Å². The van der Waals surface area contributed by atoms with Crippen LogP contribution in [-0.4, -0.2) is 98.7 Å². The molecule has 1 aromatic heterocycles. The molecule has 3 aliphatic heterocycles. The summed E-state index contributed by atoms with van der Waals surface area (Å²) in [5.41, 5.74) is -0.282. The van der Waals surface area contributed by atoms with Crippen molar-refractivity contribution in [3.63, 3.8) is 0 Å². The van der Waals surface area contributed by atoms with Gasteiger partial charge in [-0.1, -0.05) is 52.0 Å². The molecule has 16 nitrogen and oxygen atoms in total. The van der Waals surface area contributed by atoms with Gasteiger partial charge in [0, 0.05) is 85.6 Å². The molecule has 7 N–H and O–H groups in total. The zero-order valence-electron chi connectivity index (χ0n) is 36.9. The molecule has 0 unspecified atom stereocenters. The number of nitrogens with one attached hydrogen (secondary N) is 2. The summed E-state index contributed by atoms with van der Waals surface area (Å²) in [5, 5.41) is 63.4. The van der Waals surface area contributed by atoms with Crippen molar-refractivity contribution < 1.29 is 68.2 Å². The highest BCUT2D eigenvalue weighted by atomic mass is 32.2. The van der Waals surface area contributed by atoms with Crippen LogP contribution in [0, 0.1) is 30.6 Å². The number of anilines is 1. The highest BCUT2D eigenvalue weighted by molar-refractivity contribution is 7.99. The van der Waals surface area contributed by atoms with Crippen LogP contribution in [0.1, 0.15) is 64.4 Å². The number of phenols is 3. The van der Waals surface area contributed by atoms with Crippen molar-refractivity contribution in [3.8, 4) is 23.0 Å². The molecule has 0 aliphatic carbocycles. The summed E-state index contributed by atoms with van der Waals surface area (Å²) < 4.78 is 25.3. The minimum absolute atomic E-state index is 0.0333. The largest absolute Gasteiger partial charge is 0.507 e. The number of hydrogen-bond acceptors (Lipinski definition) is 14. The third kappa shape index (κ3) is 10.3. The van der Waals surface area contributed by atoms with Gasteiger partial charge in [-0.15, -0.1) is 11.8 Å². The normalized spacial score (nSPS) is 28.7. The molecule has 9 atom stereocenters. The molecule has 5 bridgehead atoms. The summed E-state index contributed by atoms with van der Waals surface area (Å²) in [4.78, 5) is 53.2. The van der Waals surface area contributed by atoms with Crippen LogP contribution in [0.3, 0.4) is 0 Å². The number of hydrogen-bond donors (Lipinski definition) is 7. The number of fused-ring (bicyclic) bond motifs is 14. The van der Waals surface area contributed by atoms with Crippen molar-refractivity contribution >= 4 is 51.8 Å². The molecule has 0 saturated carbocycles. The fourth-order valence-electron chi connectivity index (χ4n) is 7.94. The number of Topliss-reactive ketones (excluding diaryl/α,β-unsaturated/α-hetero) is 1. The number of benzene rings is 2. The number of aromatic hydroxyl groups is 3. The first-order valence-corrected chi connectivity index (χ1v) is 21.6. The first-order chi connectivity index (χ1) is 29.7. The summed E-state index contributed by atoms with van der Waals surface area (Å²) in [6.45, 7) is 12.6. The lowest BCUT2D eigenvalue weighted by molar-refractivity contribution is -0.684. The predicted octanol–water partition coefficient (Wildman–Crippen LogP) is 4.95. The average Bonchev–Trinajstić information content (AvgIpc) is 3.51. The smallest absolute Gasteiger partial charge is 0.312 e. The van der Waals surface area contributed by atoms with Gasteiger partial charge in [-0.2, -0.15) is 4.57 Å². The number of aliphatic hydroxyl groups is 2. The van der Waals surface area contributed by atoms with Crippen LogP contribution in [0.5, 0.6) is 23.0 Å². The number of ketones is 1. The van der Waals surface area contributed by atoms with E-state index in [9.17, 15) is 44.7 Å². The Morgan fingerprint density at radius 2 is 1.62 bits per heavy atom. The fraction of sp³-hybridized carbons (Fsp3) is 0.457. The van der Waals surface area contributed by atoms with Crippen LogP contribution >= 0.6 is 11.8 Å². The van der Waals surface area contributed by atoms with Crippen molar-refractivity contribution in [3.05, 3.63) is 77.9 Å². The molecule has 2 aromatic carbocycles. The second-order valence-electron chi connectivity index (χ2n) is 16.3. The van der Waals surface area contributed by atoms with Crippen LogP contribution in [0.15, 0.2) is 71.6 Å².